The van der Waals surface area contributed by atoms with Crippen LogP contribution in [0.25, 0.3) is 21.9 Å². The maximum absolute atomic E-state index is 6.32. The molecule has 0 spiro atoms. The van der Waals surface area contributed by atoms with E-state index in [1.807, 2.05) is 19.1 Å². The maximum Gasteiger partial charge on any atom is 0.191 e. The molecule has 4 bridgehead atoms. The summed E-state index contributed by atoms with van der Waals surface area (Å²) in [6.07, 6.45) is 7.96. The summed E-state index contributed by atoms with van der Waals surface area (Å²) in [5.41, 5.74) is 4.14. The van der Waals surface area contributed by atoms with E-state index in [9.17, 15) is 0 Å². The highest BCUT2D eigenvalue weighted by Crippen LogP contribution is 2.62. The summed E-state index contributed by atoms with van der Waals surface area (Å²) in [5, 5.41) is 2.51. The second kappa shape index (κ2) is 8.45. The summed E-state index contributed by atoms with van der Waals surface area (Å²) in [6, 6.07) is 22.8. The summed E-state index contributed by atoms with van der Waals surface area (Å²) >= 11 is 0. The van der Waals surface area contributed by atoms with E-state index < -0.39 is 0 Å². The lowest BCUT2D eigenvalue weighted by atomic mass is 9.48. The van der Waals surface area contributed by atoms with Crippen LogP contribution in [0.5, 0.6) is 5.75 Å². The lowest BCUT2D eigenvalue weighted by Crippen LogP contribution is -2.48. The van der Waals surface area contributed by atoms with Gasteiger partial charge in [0.2, 0.25) is 0 Å². The lowest BCUT2D eigenvalue weighted by molar-refractivity contribution is -0.150. The monoisotopic (exact) mass is 441 g/mol. The molecule has 4 saturated carbocycles. The predicted molar refractivity (Wildman–Crippen MR) is 131 cm³/mol. The Hall–Kier alpha value is -2.36. The molecule has 3 aromatic rings. The van der Waals surface area contributed by atoms with Crippen LogP contribution in [0.3, 0.4) is 0 Å². The zero-order valence-corrected chi connectivity index (χ0v) is 19.7. The summed E-state index contributed by atoms with van der Waals surface area (Å²) in [7, 11) is 1.66. The van der Waals surface area contributed by atoms with Crippen molar-refractivity contribution in [1.29, 1.82) is 0 Å². The van der Waals surface area contributed by atoms with E-state index in [0.29, 0.717) is 0 Å². The number of ether oxygens (including phenoxy) is 3. The molecular formula is C30H33O3. The molecule has 4 fully saturated rings. The molecule has 4 aliphatic rings. The minimum absolute atomic E-state index is 0.207. The Morgan fingerprint density at radius 1 is 0.879 bits per heavy atom. The van der Waals surface area contributed by atoms with Gasteiger partial charge < -0.3 is 14.2 Å². The third-order valence-corrected chi connectivity index (χ3v) is 8.45. The van der Waals surface area contributed by atoms with Crippen LogP contribution in [0.2, 0.25) is 0 Å². The van der Waals surface area contributed by atoms with Gasteiger partial charge in [0.25, 0.3) is 0 Å². The number of hydrogen-bond donors (Lipinski definition) is 0. The van der Waals surface area contributed by atoms with Crippen molar-refractivity contribution in [2.45, 2.75) is 57.2 Å². The van der Waals surface area contributed by atoms with Crippen LogP contribution in [-0.4, -0.2) is 20.2 Å². The van der Waals surface area contributed by atoms with Gasteiger partial charge in [-0.25, -0.2) is 0 Å². The maximum atomic E-state index is 6.32. The largest absolute Gasteiger partial charge is 0.467 e. The summed E-state index contributed by atoms with van der Waals surface area (Å²) in [6.45, 7) is 2.10. The highest BCUT2D eigenvalue weighted by Gasteiger charge is 2.52. The van der Waals surface area contributed by atoms with Crippen molar-refractivity contribution in [2.24, 2.45) is 17.8 Å². The van der Waals surface area contributed by atoms with Crippen LogP contribution >= 0.6 is 0 Å². The summed E-state index contributed by atoms with van der Waals surface area (Å²) in [5.74, 6) is 3.65. The normalized spacial score (nSPS) is 28.8. The first kappa shape index (κ1) is 21.2. The van der Waals surface area contributed by atoms with Gasteiger partial charge in [0.15, 0.2) is 13.1 Å². The Bertz CT molecular complexity index is 1100. The fourth-order valence-corrected chi connectivity index (χ4v) is 7.27. The molecule has 1 radical (unpaired) electrons. The molecule has 0 N–H and O–H groups in total. The van der Waals surface area contributed by atoms with Gasteiger partial charge >= 0.3 is 0 Å². The van der Waals surface area contributed by atoms with Crippen molar-refractivity contribution in [3.05, 3.63) is 66.2 Å². The van der Waals surface area contributed by atoms with E-state index in [4.69, 9.17) is 14.2 Å². The van der Waals surface area contributed by atoms with Crippen LogP contribution in [0.4, 0.5) is 0 Å². The average Bonchev–Trinajstić information content (AvgIpc) is 2.83. The van der Waals surface area contributed by atoms with Gasteiger partial charge in [-0.3, -0.25) is 0 Å². The molecule has 7 rings (SSSR count). The van der Waals surface area contributed by atoms with E-state index in [1.54, 1.807) is 7.11 Å². The molecule has 3 aromatic carbocycles. The Balaban J connectivity index is 1.42. The summed E-state index contributed by atoms with van der Waals surface area (Å²) < 4.78 is 17.3. The SMILES string of the molecule is COC(C)OCOc1cc2ccc(-c3cc[c]cc3)cc2cc1C12CC3CC(CC(C3)C1)C2. The Kier molecular flexibility index (Phi) is 5.43. The van der Waals surface area contributed by atoms with E-state index in [2.05, 4.69) is 48.5 Å². The zero-order valence-electron chi connectivity index (χ0n) is 19.7. The Labute approximate surface area is 197 Å². The fraction of sp³-hybridized carbons (Fsp3) is 0.467. The second-order valence-electron chi connectivity index (χ2n) is 10.6. The van der Waals surface area contributed by atoms with Crippen molar-refractivity contribution in [3.8, 4) is 16.9 Å². The van der Waals surface area contributed by atoms with Crippen LogP contribution in [0, 0.1) is 23.8 Å². The molecule has 1 unspecified atom stereocenters. The first-order chi connectivity index (χ1) is 16.1. The molecule has 0 heterocycles. The van der Waals surface area contributed by atoms with Crippen molar-refractivity contribution in [3.63, 3.8) is 0 Å². The van der Waals surface area contributed by atoms with Crippen LogP contribution < -0.4 is 4.74 Å². The third kappa shape index (κ3) is 3.96. The van der Waals surface area contributed by atoms with Gasteiger partial charge in [-0.1, -0.05) is 36.4 Å². The average molecular weight is 442 g/mol. The van der Waals surface area contributed by atoms with Gasteiger partial charge in [0, 0.05) is 12.7 Å². The topological polar surface area (TPSA) is 27.7 Å². The van der Waals surface area contributed by atoms with Gasteiger partial charge in [-0.2, -0.15) is 0 Å². The first-order valence-electron chi connectivity index (χ1n) is 12.4. The fourth-order valence-electron chi connectivity index (χ4n) is 7.27. The zero-order chi connectivity index (χ0) is 22.4. The van der Waals surface area contributed by atoms with E-state index >= 15 is 0 Å². The van der Waals surface area contributed by atoms with Crippen molar-refractivity contribution < 1.29 is 14.2 Å². The van der Waals surface area contributed by atoms with Gasteiger partial charge in [-0.15, -0.1) is 0 Å². The molecule has 4 aliphatic carbocycles. The third-order valence-electron chi connectivity index (χ3n) is 8.45. The van der Waals surface area contributed by atoms with E-state index in [1.165, 1.54) is 66.0 Å². The molecule has 171 valence electrons. The first-order valence-corrected chi connectivity index (χ1v) is 12.4. The highest BCUT2D eigenvalue weighted by atomic mass is 16.7. The summed E-state index contributed by atoms with van der Waals surface area (Å²) in [4.78, 5) is 0. The molecule has 0 amide bonds. The minimum atomic E-state index is -0.279. The second-order valence-corrected chi connectivity index (χ2v) is 10.6. The molecule has 3 heteroatoms. The minimum Gasteiger partial charge on any atom is -0.467 e. The molecule has 1 atom stereocenters. The smallest absolute Gasteiger partial charge is 0.191 e. The highest BCUT2D eigenvalue weighted by molar-refractivity contribution is 5.89. The van der Waals surface area contributed by atoms with Crippen molar-refractivity contribution >= 4 is 10.8 Å². The number of rotatable bonds is 7. The molecule has 33 heavy (non-hydrogen) atoms. The standard InChI is InChI=1S/C30H33O3/c1-20(31-2)32-19-33-29-15-26-9-8-25(24-6-4-3-5-7-24)13-27(26)14-28(29)30-16-21-10-22(17-30)12-23(11-21)18-30/h4-9,13-15,20-23H,10-12,16-19H2,1-2H3. The number of benzene rings is 3. The molecule has 0 aliphatic heterocycles. The molecule has 0 saturated heterocycles. The van der Waals surface area contributed by atoms with E-state index in [-0.39, 0.29) is 18.5 Å². The predicted octanol–water partition coefficient (Wildman–Crippen LogP) is 7.12. The molecule has 3 nitrogen and oxygen atoms in total. The van der Waals surface area contributed by atoms with Gasteiger partial charge in [-0.05, 0) is 115 Å². The van der Waals surface area contributed by atoms with E-state index in [0.717, 1.165) is 23.5 Å². The molecular weight excluding hydrogens is 408 g/mol. The number of hydrogen-bond acceptors (Lipinski definition) is 3. The number of methoxy groups -OCH3 is 1. The van der Waals surface area contributed by atoms with Gasteiger partial charge in [0.05, 0.1) is 0 Å². The number of fused-ring (bicyclic) bond motifs is 1. The Morgan fingerprint density at radius 3 is 2.24 bits per heavy atom. The van der Waals surface area contributed by atoms with Crippen LogP contribution in [-0.2, 0) is 14.9 Å². The molecule has 0 aromatic heterocycles. The van der Waals surface area contributed by atoms with Crippen molar-refractivity contribution in [2.75, 3.05) is 13.9 Å². The van der Waals surface area contributed by atoms with Crippen LogP contribution in [0.15, 0.2) is 54.6 Å². The lowest BCUT2D eigenvalue weighted by Gasteiger charge is -2.57. The van der Waals surface area contributed by atoms with Crippen molar-refractivity contribution in [1.82, 2.24) is 0 Å². The Morgan fingerprint density at radius 2 is 1.58 bits per heavy atom. The quantitative estimate of drug-likeness (QED) is 0.365. The van der Waals surface area contributed by atoms with Crippen LogP contribution in [0.1, 0.15) is 51.0 Å². The van der Waals surface area contributed by atoms with Gasteiger partial charge in [0.1, 0.15) is 5.75 Å².